The average Bonchev–Trinajstić information content (AvgIpc) is 2.41. The highest BCUT2D eigenvalue weighted by Gasteiger charge is 2.01. The van der Waals surface area contributed by atoms with Crippen LogP contribution >= 0.6 is 0 Å². The highest BCUT2D eigenvalue weighted by Crippen LogP contribution is 2.20. The van der Waals surface area contributed by atoms with Crippen molar-refractivity contribution in [2.24, 2.45) is 0 Å². The highest BCUT2D eigenvalue weighted by molar-refractivity contribution is 5.38. The molecule has 0 aliphatic rings. The van der Waals surface area contributed by atoms with Gasteiger partial charge in [0.2, 0.25) is 0 Å². The zero-order valence-corrected chi connectivity index (χ0v) is 12.9. The fourth-order valence-corrected chi connectivity index (χ4v) is 2.12. The fraction of sp³-hybridized carbons (Fsp3) is 0.647. The summed E-state index contributed by atoms with van der Waals surface area (Å²) in [5.41, 5.74) is 2.58. The normalized spacial score (nSPS) is 10.7. The van der Waals surface area contributed by atoms with Gasteiger partial charge in [0.1, 0.15) is 5.75 Å². The van der Waals surface area contributed by atoms with Gasteiger partial charge in [-0.2, -0.15) is 0 Å². The monoisotopic (exact) mass is 264 g/mol. The Morgan fingerprint density at radius 2 is 1.79 bits per heavy atom. The molecule has 0 unspecified atom stereocenters. The van der Waals surface area contributed by atoms with E-state index in [1.54, 1.807) is 0 Å². The van der Waals surface area contributed by atoms with E-state index in [0.717, 1.165) is 18.8 Å². The Labute approximate surface area is 118 Å². The third-order valence-corrected chi connectivity index (χ3v) is 3.63. The summed E-state index contributed by atoms with van der Waals surface area (Å²) < 4.78 is 5.85. The molecule has 2 N–H and O–H groups in total. The van der Waals surface area contributed by atoms with Gasteiger partial charge in [0.25, 0.3) is 0 Å². The lowest BCUT2D eigenvalue weighted by Gasteiger charge is -2.10. The van der Waals surface area contributed by atoms with Gasteiger partial charge in [-0.05, 0) is 56.7 Å². The van der Waals surface area contributed by atoms with Gasteiger partial charge in [0, 0.05) is 0 Å². The van der Waals surface area contributed by atoms with E-state index in [4.69, 9.17) is 4.74 Å². The lowest BCUT2D eigenvalue weighted by atomic mass is 10.1. The van der Waals surface area contributed by atoms with E-state index in [1.165, 1.54) is 49.9 Å². The molecule has 0 aliphatic carbocycles. The molecule has 0 amide bonds. The Balaban J connectivity index is 2.03. The molecule has 1 aromatic carbocycles. The van der Waals surface area contributed by atoms with Crippen molar-refractivity contribution in [3.05, 3.63) is 29.3 Å². The summed E-state index contributed by atoms with van der Waals surface area (Å²) in [6, 6.07) is 6.27. The van der Waals surface area contributed by atoms with Gasteiger partial charge < -0.3 is 10.1 Å². The maximum Gasteiger partial charge on any atom is 0.122 e. The molecule has 0 aromatic heterocycles. The van der Waals surface area contributed by atoms with E-state index in [1.807, 2.05) is 0 Å². The standard InChI is InChI=1S/C17H29NO/c1-4-5-12-18-13-7-6-8-14-19-17-11-9-10-15(2)16(17)3/h9-11,18H,4-8,12-14H2,1-3H3/p+1. The first kappa shape index (κ1) is 16.0. The summed E-state index contributed by atoms with van der Waals surface area (Å²) in [5, 5.41) is 2.44. The summed E-state index contributed by atoms with van der Waals surface area (Å²) in [7, 11) is 0. The maximum absolute atomic E-state index is 5.85. The van der Waals surface area contributed by atoms with Crippen molar-refractivity contribution in [2.75, 3.05) is 19.7 Å². The van der Waals surface area contributed by atoms with Gasteiger partial charge in [0.05, 0.1) is 19.7 Å². The fourth-order valence-electron chi connectivity index (χ4n) is 2.12. The zero-order valence-electron chi connectivity index (χ0n) is 12.9. The number of unbranched alkanes of at least 4 members (excludes halogenated alkanes) is 3. The molecule has 0 aliphatic heterocycles. The van der Waals surface area contributed by atoms with E-state index in [9.17, 15) is 0 Å². The number of benzene rings is 1. The predicted octanol–water partition coefficient (Wildman–Crippen LogP) is 3.22. The largest absolute Gasteiger partial charge is 0.493 e. The van der Waals surface area contributed by atoms with Gasteiger partial charge >= 0.3 is 0 Å². The number of hydrogen-bond donors (Lipinski definition) is 1. The highest BCUT2D eigenvalue weighted by atomic mass is 16.5. The van der Waals surface area contributed by atoms with Gasteiger partial charge in [-0.15, -0.1) is 0 Å². The van der Waals surface area contributed by atoms with Crippen LogP contribution in [-0.4, -0.2) is 19.7 Å². The van der Waals surface area contributed by atoms with E-state index in [-0.39, 0.29) is 0 Å². The van der Waals surface area contributed by atoms with Crippen LogP contribution in [0.5, 0.6) is 5.75 Å². The first-order valence-corrected chi connectivity index (χ1v) is 7.76. The first-order chi connectivity index (χ1) is 9.25. The molecule has 0 heterocycles. The van der Waals surface area contributed by atoms with Gasteiger partial charge in [-0.1, -0.05) is 25.5 Å². The number of quaternary nitrogens is 1. The number of rotatable bonds is 10. The molecule has 1 rings (SSSR count). The van der Waals surface area contributed by atoms with Crippen LogP contribution in [0, 0.1) is 13.8 Å². The van der Waals surface area contributed by atoms with Crippen LogP contribution < -0.4 is 10.1 Å². The molecule has 0 atom stereocenters. The summed E-state index contributed by atoms with van der Waals surface area (Å²) in [4.78, 5) is 0. The van der Waals surface area contributed by atoms with Crippen molar-refractivity contribution in [3.63, 3.8) is 0 Å². The molecule has 0 saturated heterocycles. The molecule has 0 saturated carbocycles. The lowest BCUT2D eigenvalue weighted by molar-refractivity contribution is -0.655. The predicted molar refractivity (Wildman–Crippen MR) is 81.8 cm³/mol. The smallest absolute Gasteiger partial charge is 0.122 e. The van der Waals surface area contributed by atoms with Crippen LogP contribution in [0.15, 0.2) is 18.2 Å². The average molecular weight is 264 g/mol. The Hall–Kier alpha value is -1.02. The van der Waals surface area contributed by atoms with E-state index in [0.29, 0.717) is 0 Å². The van der Waals surface area contributed by atoms with Gasteiger partial charge in [0.15, 0.2) is 0 Å². The second kappa shape index (κ2) is 9.85. The molecule has 2 heteroatoms. The maximum atomic E-state index is 5.85. The summed E-state index contributed by atoms with van der Waals surface area (Å²) in [6.45, 7) is 9.92. The minimum absolute atomic E-state index is 0.846. The van der Waals surface area contributed by atoms with Crippen molar-refractivity contribution in [1.29, 1.82) is 0 Å². The zero-order chi connectivity index (χ0) is 13.9. The molecule has 0 bridgehead atoms. The molecule has 19 heavy (non-hydrogen) atoms. The third kappa shape index (κ3) is 6.63. The second-order valence-electron chi connectivity index (χ2n) is 5.33. The van der Waals surface area contributed by atoms with Crippen LogP contribution in [0.2, 0.25) is 0 Å². The van der Waals surface area contributed by atoms with E-state index < -0.39 is 0 Å². The van der Waals surface area contributed by atoms with Crippen molar-refractivity contribution in [3.8, 4) is 5.75 Å². The molecular formula is C17H30NO+. The number of aryl methyl sites for hydroxylation is 1. The Morgan fingerprint density at radius 3 is 2.58 bits per heavy atom. The molecule has 0 fully saturated rings. The van der Waals surface area contributed by atoms with Crippen LogP contribution in [0.1, 0.15) is 50.2 Å². The van der Waals surface area contributed by atoms with Crippen molar-refractivity contribution in [2.45, 2.75) is 52.9 Å². The van der Waals surface area contributed by atoms with E-state index >= 15 is 0 Å². The Kier molecular flexibility index (Phi) is 8.31. The first-order valence-electron chi connectivity index (χ1n) is 7.76. The SMILES string of the molecule is CCCC[NH2+]CCCCCOc1cccc(C)c1C. The molecule has 2 nitrogen and oxygen atoms in total. The van der Waals surface area contributed by atoms with Crippen molar-refractivity contribution >= 4 is 0 Å². The second-order valence-corrected chi connectivity index (χ2v) is 5.33. The molecule has 0 radical (unpaired) electrons. The molecule has 0 spiro atoms. The summed E-state index contributed by atoms with van der Waals surface area (Å²) in [6.07, 6.45) is 6.39. The Bertz CT molecular complexity index is 349. The summed E-state index contributed by atoms with van der Waals surface area (Å²) in [5.74, 6) is 1.05. The minimum Gasteiger partial charge on any atom is -0.493 e. The number of hydrogen-bond acceptors (Lipinski definition) is 1. The van der Waals surface area contributed by atoms with Crippen LogP contribution in [0.4, 0.5) is 0 Å². The van der Waals surface area contributed by atoms with E-state index in [2.05, 4.69) is 44.3 Å². The third-order valence-electron chi connectivity index (χ3n) is 3.63. The van der Waals surface area contributed by atoms with Crippen LogP contribution in [0.3, 0.4) is 0 Å². The summed E-state index contributed by atoms with van der Waals surface area (Å²) >= 11 is 0. The Morgan fingerprint density at radius 1 is 1.00 bits per heavy atom. The van der Waals surface area contributed by atoms with Crippen molar-refractivity contribution in [1.82, 2.24) is 0 Å². The number of nitrogens with two attached hydrogens (primary N) is 1. The minimum atomic E-state index is 0.846. The number of ether oxygens (including phenoxy) is 1. The van der Waals surface area contributed by atoms with Crippen LogP contribution in [0.25, 0.3) is 0 Å². The van der Waals surface area contributed by atoms with Gasteiger partial charge in [-0.25, -0.2) is 0 Å². The molecule has 108 valence electrons. The van der Waals surface area contributed by atoms with Crippen LogP contribution in [-0.2, 0) is 0 Å². The molecular weight excluding hydrogens is 234 g/mol. The molecule has 1 aromatic rings. The quantitative estimate of drug-likeness (QED) is 0.645. The van der Waals surface area contributed by atoms with Gasteiger partial charge in [-0.3, -0.25) is 0 Å². The topological polar surface area (TPSA) is 25.8 Å². The van der Waals surface area contributed by atoms with Crippen molar-refractivity contribution < 1.29 is 10.1 Å². The lowest BCUT2D eigenvalue weighted by Crippen LogP contribution is -2.84.